The molecule has 0 amide bonds. The van der Waals surface area contributed by atoms with Crippen LogP contribution in [0.25, 0.3) is 0 Å². The zero-order chi connectivity index (χ0) is 9.90. The third kappa shape index (κ3) is 3.28. The maximum atomic E-state index is 3.72. The number of nitrogens with one attached hydrogen (secondary N) is 1. The van der Waals surface area contributed by atoms with E-state index in [4.69, 9.17) is 0 Å². The van der Waals surface area contributed by atoms with E-state index >= 15 is 0 Å². The van der Waals surface area contributed by atoms with Gasteiger partial charge in [-0.05, 0) is 39.8 Å². The van der Waals surface area contributed by atoms with Crippen LogP contribution in [0.15, 0.2) is 0 Å². The highest BCUT2D eigenvalue weighted by Crippen LogP contribution is 2.35. The second-order valence-corrected chi connectivity index (χ2v) is 4.45. The summed E-state index contributed by atoms with van der Waals surface area (Å²) in [5, 5.41) is 3.72. The zero-order valence-electron chi connectivity index (χ0n) is 9.56. The summed E-state index contributed by atoms with van der Waals surface area (Å²) < 4.78 is 0. The Labute approximate surface area is 82.7 Å². The lowest BCUT2D eigenvalue weighted by atomic mass is 10.2. The molecule has 78 valence electrons. The maximum Gasteiger partial charge on any atom is 0.0212 e. The van der Waals surface area contributed by atoms with Crippen LogP contribution in [0.5, 0.6) is 0 Å². The van der Waals surface area contributed by atoms with E-state index in [2.05, 4.69) is 24.2 Å². The SMILES string of the molecule is CC.CN1CCC(NC2(C)CC2)C1. The Hall–Kier alpha value is -0.0800. The van der Waals surface area contributed by atoms with E-state index in [1.165, 1.54) is 32.4 Å². The summed E-state index contributed by atoms with van der Waals surface area (Å²) in [6, 6.07) is 0.771. The molecule has 1 aliphatic heterocycles. The minimum atomic E-state index is 0.524. The highest BCUT2D eigenvalue weighted by Gasteiger charge is 2.39. The molecule has 1 aliphatic carbocycles. The molecule has 0 aromatic carbocycles. The van der Waals surface area contributed by atoms with Crippen molar-refractivity contribution in [2.24, 2.45) is 0 Å². The molecule has 13 heavy (non-hydrogen) atoms. The molecule has 1 saturated heterocycles. The minimum Gasteiger partial charge on any atom is -0.307 e. The summed E-state index contributed by atoms with van der Waals surface area (Å²) in [5.74, 6) is 0. The monoisotopic (exact) mass is 184 g/mol. The Morgan fingerprint density at radius 2 is 1.92 bits per heavy atom. The smallest absolute Gasteiger partial charge is 0.0212 e. The van der Waals surface area contributed by atoms with Crippen molar-refractivity contribution < 1.29 is 0 Å². The predicted molar refractivity (Wildman–Crippen MR) is 58.0 cm³/mol. The van der Waals surface area contributed by atoms with Gasteiger partial charge in [-0.3, -0.25) is 0 Å². The van der Waals surface area contributed by atoms with Gasteiger partial charge in [-0.1, -0.05) is 13.8 Å². The first kappa shape index (κ1) is 11.0. The highest BCUT2D eigenvalue weighted by atomic mass is 15.2. The summed E-state index contributed by atoms with van der Waals surface area (Å²) in [6.45, 7) is 8.86. The molecule has 2 rings (SSSR count). The van der Waals surface area contributed by atoms with Crippen molar-refractivity contribution in [1.29, 1.82) is 0 Å². The van der Waals surface area contributed by atoms with Crippen molar-refractivity contribution in [2.45, 2.75) is 51.6 Å². The Bertz CT molecular complexity index is 152. The van der Waals surface area contributed by atoms with Crippen molar-refractivity contribution >= 4 is 0 Å². The summed E-state index contributed by atoms with van der Waals surface area (Å²) in [4.78, 5) is 2.41. The van der Waals surface area contributed by atoms with Crippen molar-refractivity contribution in [3.05, 3.63) is 0 Å². The van der Waals surface area contributed by atoms with Crippen LogP contribution in [0.3, 0.4) is 0 Å². The molecule has 1 saturated carbocycles. The van der Waals surface area contributed by atoms with Gasteiger partial charge in [0.1, 0.15) is 0 Å². The number of likely N-dealkylation sites (tertiary alicyclic amines) is 1. The van der Waals surface area contributed by atoms with Crippen LogP contribution in [0, 0.1) is 0 Å². The first-order chi connectivity index (χ1) is 6.18. The lowest BCUT2D eigenvalue weighted by molar-refractivity contribution is 0.380. The van der Waals surface area contributed by atoms with Crippen LogP contribution in [0.4, 0.5) is 0 Å². The van der Waals surface area contributed by atoms with Crippen LogP contribution in [-0.4, -0.2) is 36.6 Å². The van der Waals surface area contributed by atoms with Gasteiger partial charge < -0.3 is 10.2 Å². The van der Waals surface area contributed by atoms with Gasteiger partial charge in [0.05, 0.1) is 0 Å². The lowest BCUT2D eigenvalue weighted by Crippen LogP contribution is -2.39. The first-order valence-electron chi connectivity index (χ1n) is 5.64. The van der Waals surface area contributed by atoms with Gasteiger partial charge in [0.15, 0.2) is 0 Å². The largest absolute Gasteiger partial charge is 0.307 e. The summed E-state index contributed by atoms with van der Waals surface area (Å²) in [6.07, 6.45) is 4.10. The first-order valence-corrected chi connectivity index (χ1v) is 5.64. The van der Waals surface area contributed by atoms with Crippen LogP contribution >= 0.6 is 0 Å². The molecular formula is C11H24N2. The number of likely N-dealkylation sites (N-methyl/N-ethyl adjacent to an activating group) is 1. The lowest BCUT2D eigenvalue weighted by Gasteiger charge is -2.17. The minimum absolute atomic E-state index is 0.524. The van der Waals surface area contributed by atoms with Gasteiger partial charge in [-0.25, -0.2) is 0 Å². The van der Waals surface area contributed by atoms with E-state index < -0.39 is 0 Å². The fraction of sp³-hybridized carbons (Fsp3) is 1.00. The second kappa shape index (κ2) is 4.43. The summed E-state index contributed by atoms with van der Waals surface area (Å²) in [7, 11) is 2.21. The number of rotatable bonds is 2. The molecule has 2 nitrogen and oxygen atoms in total. The topological polar surface area (TPSA) is 15.3 Å². The van der Waals surface area contributed by atoms with Crippen molar-refractivity contribution in [2.75, 3.05) is 20.1 Å². The zero-order valence-corrected chi connectivity index (χ0v) is 9.56. The molecule has 0 aromatic rings. The van der Waals surface area contributed by atoms with Crippen LogP contribution in [-0.2, 0) is 0 Å². The van der Waals surface area contributed by atoms with Gasteiger partial charge in [-0.2, -0.15) is 0 Å². The van der Waals surface area contributed by atoms with Crippen molar-refractivity contribution in [3.8, 4) is 0 Å². The second-order valence-electron chi connectivity index (χ2n) is 4.45. The predicted octanol–water partition coefficient (Wildman–Crippen LogP) is 1.86. The van der Waals surface area contributed by atoms with Gasteiger partial charge in [-0.15, -0.1) is 0 Å². The molecule has 0 spiro atoms. The van der Waals surface area contributed by atoms with Gasteiger partial charge in [0.25, 0.3) is 0 Å². The van der Waals surface area contributed by atoms with Crippen molar-refractivity contribution in [3.63, 3.8) is 0 Å². The molecule has 1 heterocycles. The molecule has 2 fully saturated rings. The third-order valence-corrected chi connectivity index (χ3v) is 2.94. The standard InChI is InChI=1S/C9H18N2.C2H6/c1-9(4-5-9)10-8-3-6-11(2)7-8;1-2/h8,10H,3-7H2,1-2H3;1-2H3. The normalized spacial score (nSPS) is 30.9. The Morgan fingerprint density at radius 3 is 2.31 bits per heavy atom. The average molecular weight is 184 g/mol. The van der Waals surface area contributed by atoms with Gasteiger partial charge in [0.2, 0.25) is 0 Å². The van der Waals surface area contributed by atoms with E-state index in [1.54, 1.807) is 0 Å². The fourth-order valence-electron chi connectivity index (χ4n) is 1.88. The number of hydrogen-bond donors (Lipinski definition) is 1. The molecule has 1 N–H and O–H groups in total. The third-order valence-electron chi connectivity index (χ3n) is 2.94. The molecule has 1 atom stereocenters. The van der Waals surface area contributed by atoms with Gasteiger partial charge >= 0.3 is 0 Å². The molecule has 1 unspecified atom stereocenters. The molecule has 2 aliphatic rings. The summed E-state index contributed by atoms with van der Waals surface area (Å²) in [5.41, 5.74) is 0.524. The van der Waals surface area contributed by atoms with Crippen molar-refractivity contribution in [1.82, 2.24) is 10.2 Å². The Balaban J connectivity index is 0.000000396. The molecule has 0 radical (unpaired) electrons. The highest BCUT2D eigenvalue weighted by molar-refractivity contribution is 5.00. The molecule has 0 aromatic heterocycles. The quantitative estimate of drug-likeness (QED) is 0.704. The van der Waals surface area contributed by atoms with Crippen LogP contribution in [0.1, 0.15) is 40.0 Å². The fourth-order valence-corrected chi connectivity index (χ4v) is 1.88. The van der Waals surface area contributed by atoms with E-state index in [0.717, 1.165) is 6.04 Å². The van der Waals surface area contributed by atoms with Gasteiger partial charge in [0, 0.05) is 18.1 Å². The van der Waals surface area contributed by atoms with E-state index in [-0.39, 0.29) is 0 Å². The van der Waals surface area contributed by atoms with Crippen LogP contribution in [0.2, 0.25) is 0 Å². The molecule has 0 bridgehead atoms. The van der Waals surface area contributed by atoms with E-state index in [1.807, 2.05) is 13.8 Å². The average Bonchev–Trinajstić information content (AvgIpc) is 2.69. The van der Waals surface area contributed by atoms with E-state index in [0.29, 0.717) is 5.54 Å². The maximum absolute atomic E-state index is 3.72. The Morgan fingerprint density at radius 1 is 1.31 bits per heavy atom. The summed E-state index contributed by atoms with van der Waals surface area (Å²) >= 11 is 0. The van der Waals surface area contributed by atoms with E-state index in [9.17, 15) is 0 Å². The molecular weight excluding hydrogens is 160 g/mol. The van der Waals surface area contributed by atoms with Crippen LogP contribution < -0.4 is 5.32 Å². The molecule has 2 heteroatoms. The number of hydrogen-bond acceptors (Lipinski definition) is 2. The number of nitrogens with zero attached hydrogens (tertiary/aromatic N) is 1. The Kier molecular flexibility index (Phi) is 3.74.